The third kappa shape index (κ3) is 7.75. The van der Waals surface area contributed by atoms with E-state index in [1.54, 1.807) is 13.0 Å². The molecule has 0 amide bonds. The van der Waals surface area contributed by atoms with Crippen LogP contribution in [0, 0.1) is 12.8 Å². The van der Waals surface area contributed by atoms with Crippen LogP contribution in [0.1, 0.15) is 44.6 Å². The van der Waals surface area contributed by atoms with Crippen molar-refractivity contribution < 1.29 is 17.9 Å². The van der Waals surface area contributed by atoms with Crippen LogP contribution >= 0.6 is 0 Å². The van der Waals surface area contributed by atoms with Crippen molar-refractivity contribution in [1.29, 1.82) is 0 Å². The summed E-state index contributed by atoms with van der Waals surface area (Å²) in [5, 5.41) is 0. The summed E-state index contributed by atoms with van der Waals surface area (Å²) in [5.74, 6) is 0.858. The fourth-order valence-corrected chi connectivity index (χ4v) is 2.12. The lowest BCUT2D eigenvalue weighted by atomic mass is 9.91. The lowest BCUT2D eigenvalue weighted by molar-refractivity contribution is -0.274. The van der Waals surface area contributed by atoms with Gasteiger partial charge < -0.3 is 4.74 Å². The molecular formula is C15H21F3O. The van der Waals surface area contributed by atoms with E-state index in [4.69, 9.17) is 0 Å². The summed E-state index contributed by atoms with van der Waals surface area (Å²) in [4.78, 5) is 0. The van der Waals surface area contributed by atoms with Crippen molar-refractivity contribution in [2.45, 2.75) is 52.3 Å². The third-order valence-electron chi connectivity index (χ3n) is 3.12. The van der Waals surface area contributed by atoms with E-state index < -0.39 is 6.36 Å². The van der Waals surface area contributed by atoms with Gasteiger partial charge in [-0.05, 0) is 30.5 Å². The maximum atomic E-state index is 11.7. The van der Waals surface area contributed by atoms with Crippen LogP contribution in [0.25, 0.3) is 0 Å². The lowest BCUT2D eigenvalue weighted by Crippen LogP contribution is -2.17. The van der Waals surface area contributed by atoms with Gasteiger partial charge in [-0.2, -0.15) is 0 Å². The average molecular weight is 274 g/mol. The van der Waals surface area contributed by atoms with Gasteiger partial charge in [0.15, 0.2) is 0 Å². The highest BCUT2D eigenvalue weighted by atomic mass is 19.4. The molecule has 0 atom stereocenters. The van der Waals surface area contributed by atoms with Gasteiger partial charge in [-0.25, -0.2) is 0 Å². The van der Waals surface area contributed by atoms with Crippen LogP contribution in [0.4, 0.5) is 13.2 Å². The molecule has 1 saturated carbocycles. The summed E-state index contributed by atoms with van der Waals surface area (Å²) < 4.78 is 38.6. The quantitative estimate of drug-likeness (QED) is 0.659. The molecule has 0 spiro atoms. The minimum Gasteiger partial charge on any atom is -0.406 e. The summed E-state index contributed by atoms with van der Waals surface area (Å²) in [7, 11) is 0. The molecule has 0 radical (unpaired) electrons. The highest BCUT2D eigenvalue weighted by Crippen LogP contribution is 2.23. The number of alkyl halides is 3. The van der Waals surface area contributed by atoms with E-state index in [0.29, 0.717) is 0 Å². The van der Waals surface area contributed by atoms with Crippen LogP contribution in [-0.4, -0.2) is 6.36 Å². The fraction of sp³-hybridized carbons (Fsp3) is 0.600. The molecule has 108 valence electrons. The van der Waals surface area contributed by atoms with Crippen LogP contribution in [0.2, 0.25) is 0 Å². The van der Waals surface area contributed by atoms with Gasteiger partial charge in [-0.15, -0.1) is 13.2 Å². The summed E-state index contributed by atoms with van der Waals surface area (Å²) in [5.41, 5.74) is 0.733. The Balaban J connectivity index is 0.000000218. The average Bonchev–Trinajstić information content (AvgIpc) is 2.28. The van der Waals surface area contributed by atoms with Crippen LogP contribution in [0.15, 0.2) is 24.3 Å². The molecule has 0 unspecified atom stereocenters. The zero-order valence-electron chi connectivity index (χ0n) is 11.5. The largest absolute Gasteiger partial charge is 0.573 e. The molecule has 2 rings (SSSR count). The van der Waals surface area contributed by atoms with Crippen molar-refractivity contribution in [3.05, 3.63) is 29.8 Å². The van der Waals surface area contributed by atoms with Gasteiger partial charge in [0.25, 0.3) is 0 Å². The second kappa shape index (κ2) is 7.41. The van der Waals surface area contributed by atoms with Gasteiger partial charge >= 0.3 is 6.36 Å². The SMILES string of the molecule is CC1CCCCC1.Cc1cccc(OC(F)(F)F)c1. The monoisotopic (exact) mass is 274 g/mol. The minimum atomic E-state index is -4.60. The van der Waals surface area contributed by atoms with E-state index in [2.05, 4.69) is 11.7 Å². The standard InChI is InChI=1S/C8H7F3O.C7H14/c1-6-3-2-4-7(5-6)12-8(9,10)11;1-7-5-3-2-4-6-7/h2-5H,1H3;7H,2-6H2,1H3. The summed E-state index contributed by atoms with van der Waals surface area (Å²) in [6, 6.07) is 5.80. The number of rotatable bonds is 1. The molecule has 1 aliphatic carbocycles. The molecule has 0 heterocycles. The summed E-state index contributed by atoms with van der Waals surface area (Å²) >= 11 is 0. The number of hydrogen-bond acceptors (Lipinski definition) is 1. The van der Waals surface area contributed by atoms with Gasteiger partial charge in [0.05, 0.1) is 0 Å². The molecule has 1 aromatic rings. The Morgan fingerprint density at radius 3 is 2.16 bits per heavy atom. The molecule has 0 aliphatic heterocycles. The third-order valence-corrected chi connectivity index (χ3v) is 3.12. The Kier molecular flexibility index (Phi) is 6.19. The first kappa shape index (κ1) is 15.9. The predicted octanol–water partition coefficient (Wildman–Crippen LogP) is 5.48. The minimum absolute atomic E-state index is 0.178. The van der Waals surface area contributed by atoms with Gasteiger partial charge in [-0.1, -0.05) is 51.2 Å². The lowest BCUT2D eigenvalue weighted by Gasteiger charge is -2.15. The van der Waals surface area contributed by atoms with Gasteiger partial charge in [-0.3, -0.25) is 0 Å². The summed E-state index contributed by atoms with van der Waals surface area (Å²) in [6.07, 6.45) is 2.83. The molecule has 4 heteroatoms. The molecule has 1 aliphatic rings. The molecule has 0 saturated heterocycles. The van der Waals surface area contributed by atoms with Crippen molar-refractivity contribution >= 4 is 0 Å². The van der Waals surface area contributed by atoms with Gasteiger partial charge in [0.2, 0.25) is 0 Å². The Morgan fingerprint density at radius 1 is 1.11 bits per heavy atom. The highest BCUT2D eigenvalue weighted by molar-refractivity contribution is 5.27. The number of halogens is 3. The zero-order valence-corrected chi connectivity index (χ0v) is 11.5. The van der Waals surface area contributed by atoms with E-state index in [1.165, 1.54) is 50.3 Å². The number of hydrogen-bond donors (Lipinski definition) is 0. The zero-order chi connectivity index (χ0) is 14.3. The van der Waals surface area contributed by atoms with Crippen molar-refractivity contribution in [2.75, 3.05) is 0 Å². The maximum Gasteiger partial charge on any atom is 0.573 e. The molecule has 0 aromatic heterocycles. The topological polar surface area (TPSA) is 9.23 Å². The smallest absolute Gasteiger partial charge is 0.406 e. The van der Waals surface area contributed by atoms with E-state index in [-0.39, 0.29) is 5.75 Å². The number of aryl methyl sites for hydroxylation is 1. The van der Waals surface area contributed by atoms with Gasteiger partial charge in [0, 0.05) is 0 Å². The highest BCUT2D eigenvalue weighted by Gasteiger charge is 2.30. The first-order chi connectivity index (χ1) is 8.87. The van der Waals surface area contributed by atoms with Crippen molar-refractivity contribution in [3.8, 4) is 5.75 Å². The molecule has 1 aromatic carbocycles. The predicted molar refractivity (Wildman–Crippen MR) is 70.1 cm³/mol. The van der Waals surface area contributed by atoms with Crippen molar-refractivity contribution in [1.82, 2.24) is 0 Å². The van der Waals surface area contributed by atoms with Crippen molar-refractivity contribution in [3.63, 3.8) is 0 Å². The van der Waals surface area contributed by atoms with E-state index in [0.717, 1.165) is 11.5 Å². The van der Waals surface area contributed by atoms with Crippen LogP contribution in [0.5, 0.6) is 5.75 Å². The fourth-order valence-electron chi connectivity index (χ4n) is 2.12. The second-order valence-corrected chi connectivity index (χ2v) is 5.11. The Bertz CT molecular complexity index is 368. The first-order valence-electron chi connectivity index (χ1n) is 6.69. The first-order valence-corrected chi connectivity index (χ1v) is 6.69. The van der Waals surface area contributed by atoms with Gasteiger partial charge in [0.1, 0.15) is 5.75 Å². The van der Waals surface area contributed by atoms with Crippen LogP contribution < -0.4 is 4.74 Å². The molecule has 1 fully saturated rings. The Morgan fingerprint density at radius 2 is 1.74 bits per heavy atom. The van der Waals surface area contributed by atoms with E-state index >= 15 is 0 Å². The van der Waals surface area contributed by atoms with Crippen LogP contribution in [-0.2, 0) is 0 Å². The number of benzene rings is 1. The van der Waals surface area contributed by atoms with E-state index in [1.807, 2.05) is 0 Å². The number of ether oxygens (including phenoxy) is 1. The summed E-state index contributed by atoms with van der Waals surface area (Å²) in [6.45, 7) is 4.06. The maximum absolute atomic E-state index is 11.7. The Labute approximate surface area is 112 Å². The van der Waals surface area contributed by atoms with E-state index in [9.17, 15) is 13.2 Å². The molecule has 19 heavy (non-hydrogen) atoms. The second-order valence-electron chi connectivity index (χ2n) is 5.11. The molecule has 1 nitrogen and oxygen atoms in total. The molecular weight excluding hydrogens is 253 g/mol. The van der Waals surface area contributed by atoms with Crippen molar-refractivity contribution in [2.24, 2.45) is 5.92 Å². The molecule has 0 bridgehead atoms. The van der Waals surface area contributed by atoms with Crippen LogP contribution in [0.3, 0.4) is 0 Å². The molecule has 0 N–H and O–H groups in total. The normalized spacial score (nSPS) is 16.5. The Hall–Kier alpha value is -1.19.